The molecule has 162 valence electrons. The number of rotatable bonds is 8. The van der Waals surface area contributed by atoms with Crippen molar-refractivity contribution < 1.29 is 14.5 Å². The molecule has 0 spiro atoms. The van der Waals surface area contributed by atoms with E-state index >= 15 is 0 Å². The number of hydrogen-bond donors (Lipinski definition) is 2. The first-order valence-corrected chi connectivity index (χ1v) is 9.92. The van der Waals surface area contributed by atoms with E-state index in [0.29, 0.717) is 11.6 Å². The summed E-state index contributed by atoms with van der Waals surface area (Å²) in [5.74, 6) is -0.984. The largest absolute Gasteiger partial charge is 0.857 e. The lowest BCUT2D eigenvalue weighted by Gasteiger charge is -2.29. The van der Waals surface area contributed by atoms with Crippen LogP contribution in [0.5, 0.6) is 0 Å². The number of hydrogen-bond acceptors (Lipinski definition) is 5. The monoisotopic (exact) mass is 435 g/mol. The lowest BCUT2D eigenvalue weighted by atomic mass is 10.0. The Morgan fingerprint density at radius 3 is 2.50 bits per heavy atom. The standard InChI is InChI=1S/C20H26ClN5O4/c1-13(2)14-5-7-16(8-6-14)23-18(28)12-26(4,24-17(27)9-21)11-15-10-22-20(30)25(3)19(15)29/h5-8,10,13H,9,11-12H2,1-4H3,(H2-,22,23,24,27,28,29,30)/t26-/m0/s1. The molecule has 0 aliphatic rings. The average Bonchev–Trinajstić information content (AvgIpc) is 2.68. The number of H-pyrrole nitrogens is 1. The molecule has 0 aliphatic carbocycles. The summed E-state index contributed by atoms with van der Waals surface area (Å²) in [4.78, 5) is 39.0. The molecule has 0 aliphatic heterocycles. The van der Waals surface area contributed by atoms with Crippen molar-refractivity contribution in [1.29, 1.82) is 0 Å². The molecule has 2 aromatic rings. The Morgan fingerprint density at radius 1 is 1.30 bits per heavy atom. The third-order valence-electron chi connectivity index (χ3n) is 4.58. The smallest absolute Gasteiger partial charge is 0.328 e. The number of nitrogens with zero attached hydrogens (tertiary/aromatic N) is 3. The van der Waals surface area contributed by atoms with E-state index in [1.807, 2.05) is 12.1 Å². The summed E-state index contributed by atoms with van der Waals surface area (Å²) in [6.07, 6.45) is 1.27. The second kappa shape index (κ2) is 9.73. The second-order valence-electron chi connectivity index (χ2n) is 7.59. The highest BCUT2D eigenvalue weighted by Gasteiger charge is 2.28. The molecule has 1 amide bonds. The minimum atomic E-state index is -0.616. The zero-order valence-electron chi connectivity index (χ0n) is 17.4. The molecule has 0 bridgehead atoms. The molecular formula is C20H26ClN5O4. The van der Waals surface area contributed by atoms with E-state index in [1.165, 1.54) is 20.3 Å². The number of amides is 1. The van der Waals surface area contributed by atoms with E-state index in [1.54, 1.807) is 12.1 Å². The van der Waals surface area contributed by atoms with Crippen LogP contribution in [0, 0.1) is 0 Å². The molecule has 2 rings (SSSR count). The first-order valence-electron chi connectivity index (χ1n) is 9.38. The molecule has 1 atom stereocenters. The van der Waals surface area contributed by atoms with Crippen LogP contribution in [0.3, 0.4) is 0 Å². The summed E-state index contributed by atoms with van der Waals surface area (Å²) in [5.41, 5.74) is 0.875. The molecule has 0 fully saturated rings. The van der Waals surface area contributed by atoms with Crippen LogP contribution in [0.4, 0.5) is 5.69 Å². The van der Waals surface area contributed by atoms with Gasteiger partial charge < -0.3 is 15.4 Å². The molecule has 0 unspecified atom stereocenters. The number of likely N-dealkylation sites (N-methyl/N-ethyl adjacent to an activating group) is 1. The molecule has 10 heteroatoms. The van der Waals surface area contributed by atoms with E-state index in [9.17, 15) is 19.5 Å². The number of aromatic amines is 1. The van der Waals surface area contributed by atoms with Crippen molar-refractivity contribution >= 4 is 29.1 Å². The SMILES string of the molecule is CC(C)c1ccc(NC(=O)C[N@+](C)(Cc2c[nH]c(=O)n(C)c2=O)/N=C(\[O-])CCl)cc1. The Hall–Kier alpha value is -2.91. The van der Waals surface area contributed by atoms with Crippen LogP contribution in [0.2, 0.25) is 0 Å². The number of nitrogens with one attached hydrogen (secondary N) is 2. The van der Waals surface area contributed by atoms with Crippen LogP contribution in [0.25, 0.3) is 0 Å². The van der Waals surface area contributed by atoms with Crippen LogP contribution in [-0.4, -0.2) is 45.4 Å². The summed E-state index contributed by atoms with van der Waals surface area (Å²) in [6, 6.07) is 7.46. The molecule has 1 aromatic heterocycles. The van der Waals surface area contributed by atoms with Crippen molar-refractivity contribution in [2.45, 2.75) is 26.3 Å². The average molecular weight is 436 g/mol. The number of quaternary nitrogens is 1. The number of carbonyl (C=O) groups excluding carboxylic acids is 1. The first-order chi connectivity index (χ1) is 14.0. The predicted octanol–water partition coefficient (Wildman–Crippen LogP) is 0.695. The van der Waals surface area contributed by atoms with Gasteiger partial charge in [-0.25, -0.2) is 4.79 Å². The normalized spacial score (nSPS) is 13.9. The number of alkyl halides is 1. The molecule has 0 saturated carbocycles. The Labute approximate surface area is 179 Å². The zero-order chi connectivity index (χ0) is 22.5. The summed E-state index contributed by atoms with van der Waals surface area (Å²) < 4.78 is 0.488. The molecule has 30 heavy (non-hydrogen) atoms. The van der Waals surface area contributed by atoms with Crippen molar-refractivity contribution in [1.82, 2.24) is 9.55 Å². The maximum absolute atomic E-state index is 12.6. The van der Waals surface area contributed by atoms with Crippen molar-refractivity contribution in [3.8, 4) is 0 Å². The van der Waals surface area contributed by atoms with Crippen LogP contribution in [0.1, 0.15) is 30.9 Å². The molecule has 2 N–H and O–H groups in total. The van der Waals surface area contributed by atoms with E-state index in [2.05, 4.69) is 29.2 Å². The van der Waals surface area contributed by atoms with Gasteiger partial charge in [-0.1, -0.05) is 26.0 Å². The van der Waals surface area contributed by atoms with Crippen molar-refractivity contribution in [3.05, 3.63) is 62.4 Å². The number of carbonyl (C=O) groups is 1. The first kappa shape index (κ1) is 23.4. The second-order valence-corrected chi connectivity index (χ2v) is 7.86. The highest BCUT2D eigenvalue weighted by molar-refractivity contribution is 6.26. The van der Waals surface area contributed by atoms with Gasteiger partial charge in [0, 0.05) is 24.8 Å². The minimum absolute atomic E-state index is 0.0776. The topological polar surface area (TPSA) is 119 Å². The third kappa shape index (κ3) is 6.04. The van der Waals surface area contributed by atoms with E-state index < -0.39 is 21.7 Å². The fraction of sp³-hybridized carbons (Fsp3) is 0.400. The van der Waals surface area contributed by atoms with Gasteiger partial charge in [0.15, 0.2) is 6.54 Å². The lowest BCUT2D eigenvalue weighted by molar-refractivity contribution is -0.922. The molecular weight excluding hydrogens is 410 g/mol. The fourth-order valence-electron chi connectivity index (χ4n) is 2.98. The maximum atomic E-state index is 12.6. The maximum Gasteiger partial charge on any atom is 0.328 e. The molecule has 1 heterocycles. The lowest BCUT2D eigenvalue weighted by Crippen LogP contribution is -2.48. The molecule has 0 radical (unpaired) electrons. The van der Waals surface area contributed by atoms with Gasteiger partial charge in [-0.15, -0.1) is 16.7 Å². The van der Waals surface area contributed by atoms with Crippen LogP contribution in [-0.2, 0) is 18.4 Å². The Kier molecular flexibility index (Phi) is 7.58. The predicted molar refractivity (Wildman–Crippen MR) is 114 cm³/mol. The number of anilines is 1. The van der Waals surface area contributed by atoms with Gasteiger partial charge >= 0.3 is 5.69 Å². The molecule has 9 nitrogen and oxygen atoms in total. The van der Waals surface area contributed by atoms with Gasteiger partial charge in [-0.2, -0.15) is 4.59 Å². The number of benzene rings is 1. The minimum Gasteiger partial charge on any atom is -0.857 e. The van der Waals surface area contributed by atoms with Crippen LogP contribution in [0.15, 0.2) is 45.2 Å². The van der Waals surface area contributed by atoms with E-state index in [0.717, 1.165) is 10.1 Å². The van der Waals surface area contributed by atoms with Crippen molar-refractivity contribution in [2.75, 3.05) is 24.8 Å². The van der Waals surface area contributed by atoms with Gasteiger partial charge in [0.2, 0.25) is 0 Å². The fourth-order valence-corrected chi connectivity index (χ4v) is 3.03. The quantitative estimate of drug-likeness (QED) is 0.208. The van der Waals surface area contributed by atoms with Gasteiger partial charge in [-0.05, 0) is 23.6 Å². The Morgan fingerprint density at radius 2 is 1.93 bits per heavy atom. The van der Waals surface area contributed by atoms with Gasteiger partial charge in [-0.3, -0.25) is 14.2 Å². The highest BCUT2D eigenvalue weighted by Crippen LogP contribution is 2.18. The third-order valence-corrected chi connectivity index (χ3v) is 4.81. The Balaban J connectivity index is 2.25. The van der Waals surface area contributed by atoms with Gasteiger partial charge in [0.25, 0.3) is 11.5 Å². The zero-order valence-corrected chi connectivity index (χ0v) is 18.2. The summed E-state index contributed by atoms with van der Waals surface area (Å²) >= 11 is 5.58. The molecule has 1 aromatic carbocycles. The summed E-state index contributed by atoms with van der Waals surface area (Å²) in [6.45, 7) is 3.86. The van der Waals surface area contributed by atoms with E-state index in [4.69, 9.17) is 11.6 Å². The Bertz CT molecular complexity index is 1040. The van der Waals surface area contributed by atoms with Gasteiger partial charge in [0.1, 0.15) is 6.54 Å². The summed E-state index contributed by atoms with van der Waals surface area (Å²) in [7, 11) is 2.88. The van der Waals surface area contributed by atoms with Crippen molar-refractivity contribution in [2.24, 2.45) is 12.1 Å². The highest BCUT2D eigenvalue weighted by atomic mass is 35.5. The number of aromatic nitrogens is 2. The van der Waals surface area contributed by atoms with E-state index in [-0.39, 0.29) is 30.4 Å². The van der Waals surface area contributed by atoms with Crippen LogP contribution < -0.4 is 21.7 Å². The van der Waals surface area contributed by atoms with Gasteiger partial charge in [0.05, 0.1) is 18.5 Å². The molecule has 0 saturated heterocycles. The van der Waals surface area contributed by atoms with Crippen LogP contribution >= 0.6 is 11.6 Å². The summed E-state index contributed by atoms with van der Waals surface area (Å²) in [5, 5.41) is 18.7. The van der Waals surface area contributed by atoms with Crippen molar-refractivity contribution in [3.63, 3.8) is 0 Å². The number of halogens is 1.